The molecule has 1 aromatic rings. The minimum absolute atomic E-state index is 0.716. The molecule has 0 aliphatic carbocycles. The van der Waals surface area contributed by atoms with E-state index in [9.17, 15) is 0 Å². The van der Waals surface area contributed by atoms with Crippen molar-refractivity contribution in [1.82, 2.24) is 0 Å². The lowest BCUT2D eigenvalue weighted by Gasteiger charge is -1.99. The number of hydrogen-bond donors (Lipinski definition) is 0. The lowest BCUT2D eigenvalue weighted by atomic mass is 10.2. The average Bonchev–Trinajstić information content (AvgIpc) is 2.17. The first-order chi connectivity index (χ1) is 6.38. The molecule has 0 saturated carbocycles. The number of rotatable bonds is 5. The van der Waals surface area contributed by atoms with Crippen LogP contribution in [0.1, 0.15) is 32.4 Å². The van der Waals surface area contributed by atoms with Gasteiger partial charge in [-0.25, -0.2) is 0 Å². The van der Waals surface area contributed by atoms with Crippen molar-refractivity contribution in [3.8, 4) is 0 Å². The van der Waals surface area contributed by atoms with Crippen LogP contribution in [0.3, 0.4) is 0 Å². The van der Waals surface area contributed by atoms with Gasteiger partial charge in [-0.05, 0) is 19.4 Å². The van der Waals surface area contributed by atoms with Gasteiger partial charge in [0.1, 0.15) is 0 Å². The first-order valence-corrected chi connectivity index (χ1v) is 5.01. The van der Waals surface area contributed by atoms with Crippen LogP contribution in [0.2, 0.25) is 0 Å². The van der Waals surface area contributed by atoms with Crippen LogP contribution >= 0.6 is 0 Å². The highest BCUT2D eigenvalue weighted by molar-refractivity contribution is 4.96. The second-order valence-electron chi connectivity index (χ2n) is 3.04. The lowest BCUT2D eigenvalue weighted by molar-refractivity contribution is -0.895. The highest BCUT2D eigenvalue weighted by Gasteiger charge is 2.08. The third-order valence-corrected chi connectivity index (χ3v) is 1.96. The van der Waals surface area contributed by atoms with E-state index in [1.165, 1.54) is 18.5 Å². The summed E-state index contributed by atoms with van der Waals surface area (Å²) in [7, 11) is 0. The standard InChI is InChI=1S/C11H18NO/c1-3-5-8-11-9-6-7-10-12(11)13-4-2/h6-7,9-10H,3-5,8H2,1-2H3/q+1. The zero-order valence-electron chi connectivity index (χ0n) is 8.49. The molecule has 0 atom stereocenters. The lowest BCUT2D eigenvalue weighted by Crippen LogP contribution is -2.45. The highest BCUT2D eigenvalue weighted by atomic mass is 16.7. The molecule has 0 fully saturated rings. The summed E-state index contributed by atoms with van der Waals surface area (Å²) in [6, 6.07) is 6.16. The summed E-state index contributed by atoms with van der Waals surface area (Å²) >= 11 is 0. The Morgan fingerprint density at radius 1 is 1.31 bits per heavy atom. The van der Waals surface area contributed by atoms with E-state index >= 15 is 0 Å². The van der Waals surface area contributed by atoms with Crippen molar-refractivity contribution in [1.29, 1.82) is 0 Å². The SMILES string of the molecule is CCCCc1cccc[n+]1OCC. The topological polar surface area (TPSA) is 13.1 Å². The van der Waals surface area contributed by atoms with Gasteiger partial charge < -0.3 is 0 Å². The molecule has 2 heteroatoms. The van der Waals surface area contributed by atoms with Gasteiger partial charge in [-0.1, -0.05) is 13.3 Å². The normalized spacial score (nSPS) is 10.0. The van der Waals surface area contributed by atoms with E-state index in [-0.39, 0.29) is 0 Å². The zero-order valence-corrected chi connectivity index (χ0v) is 8.49. The van der Waals surface area contributed by atoms with E-state index in [1.54, 1.807) is 0 Å². The van der Waals surface area contributed by atoms with Crippen LogP contribution in [0.5, 0.6) is 0 Å². The van der Waals surface area contributed by atoms with E-state index < -0.39 is 0 Å². The van der Waals surface area contributed by atoms with Crippen molar-refractivity contribution in [2.24, 2.45) is 0 Å². The van der Waals surface area contributed by atoms with Crippen molar-refractivity contribution in [2.75, 3.05) is 6.61 Å². The van der Waals surface area contributed by atoms with E-state index in [0.29, 0.717) is 6.61 Å². The fourth-order valence-electron chi connectivity index (χ4n) is 1.28. The average molecular weight is 180 g/mol. The summed E-state index contributed by atoms with van der Waals surface area (Å²) in [5.74, 6) is 0. The molecule has 1 aromatic heterocycles. The second kappa shape index (κ2) is 5.57. The van der Waals surface area contributed by atoms with E-state index in [1.807, 2.05) is 23.9 Å². The maximum atomic E-state index is 5.45. The number of aryl methyl sites for hydroxylation is 1. The Hall–Kier alpha value is -1.05. The molecular weight excluding hydrogens is 162 g/mol. The number of hydrogen-bond acceptors (Lipinski definition) is 1. The molecule has 13 heavy (non-hydrogen) atoms. The number of nitrogens with zero attached hydrogens (tertiary/aromatic N) is 1. The molecule has 1 heterocycles. The van der Waals surface area contributed by atoms with Gasteiger partial charge in [0.15, 0.2) is 6.61 Å². The van der Waals surface area contributed by atoms with Crippen LogP contribution in [0, 0.1) is 0 Å². The molecule has 0 unspecified atom stereocenters. The third-order valence-electron chi connectivity index (χ3n) is 1.96. The molecule has 0 spiro atoms. The molecule has 72 valence electrons. The largest absolute Gasteiger partial charge is 0.271 e. The van der Waals surface area contributed by atoms with E-state index in [2.05, 4.69) is 19.1 Å². The summed E-state index contributed by atoms with van der Waals surface area (Å²) in [4.78, 5) is 5.45. The van der Waals surface area contributed by atoms with Gasteiger partial charge in [-0.2, -0.15) is 0 Å². The van der Waals surface area contributed by atoms with Crippen LogP contribution in [-0.4, -0.2) is 6.61 Å². The van der Waals surface area contributed by atoms with Gasteiger partial charge in [0, 0.05) is 23.3 Å². The summed E-state index contributed by atoms with van der Waals surface area (Å²) in [6.07, 6.45) is 5.50. The van der Waals surface area contributed by atoms with E-state index in [0.717, 1.165) is 6.42 Å². The number of aromatic nitrogens is 1. The Bertz CT molecular complexity index is 248. The monoisotopic (exact) mass is 180 g/mol. The Balaban J connectivity index is 2.66. The minimum Gasteiger partial charge on any atom is -0.271 e. The highest BCUT2D eigenvalue weighted by Crippen LogP contribution is 1.98. The van der Waals surface area contributed by atoms with Gasteiger partial charge in [0.05, 0.1) is 0 Å². The summed E-state index contributed by atoms with van der Waals surface area (Å²) in [5.41, 5.74) is 1.26. The van der Waals surface area contributed by atoms with Crippen LogP contribution in [-0.2, 0) is 6.42 Å². The van der Waals surface area contributed by atoms with Crippen molar-refractivity contribution < 1.29 is 9.57 Å². The molecule has 0 saturated heterocycles. The van der Waals surface area contributed by atoms with Crippen LogP contribution in [0.4, 0.5) is 0 Å². The first kappa shape index (κ1) is 10.0. The Labute approximate surface area is 80.1 Å². The molecule has 0 aromatic carbocycles. The Morgan fingerprint density at radius 3 is 2.85 bits per heavy atom. The third kappa shape index (κ3) is 3.05. The molecule has 0 N–H and O–H groups in total. The maximum absolute atomic E-state index is 5.45. The molecule has 0 radical (unpaired) electrons. The van der Waals surface area contributed by atoms with Crippen LogP contribution in [0.25, 0.3) is 0 Å². The summed E-state index contributed by atoms with van der Waals surface area (Å²) in [5, 5.41) is 0. The predicted molar refractivity (Wildman–Crippen MR) is 52.4 cm³/mol. The molecular formula is C11H18NO+. The molecule has 0 aliphatic heterocycles. The quantitative estimate of drug-likeness (QED) is 0.629. The Kier molecular flexibility index (Phi) is 4.30. The molecule has 0 bridgehead atoms. The summed E-state index contributed by atoms with van der Waals surface area (Å²) in [6.45, 7) is 4.92. The molecule has 0 aliphatic rings. The predicted octanol–water partition coefficient (Wildman–Crippen LogP) is 1.77. The van der Waals surface area contributed by atoms with Gasteiger partial charge in [0.25, 0.3) is 0 Å². The van der Waals surface area contributed by atoms with Crippen LogP contribution < -0.4 is 9.57 Å². The first-order valence-electron chi connectivity index (χ1n) is 5.01. The van der Waals surface area contributed by atoms with Crippen molar-refractivity contribution in [3.05, 3.63) is 30.1 Å². The fraction of sp³-hybridized carbons (Fsp3) is 0.545. The number of unbranched alkanes of at least 4 members (excludes halogenated alkanes) is 1. The van der Waals surface area contributed by atoms with Crippen molar-refractivity contribution in [3.63, 3.8) is 0 Å². The van der Waals surface area contributed by atoms with Crippen molar-refractivity contribution >= 4 is 0 Å². The number of pyridine rings is 1. The van der Waals surface area contributed by atoms with Gasteiger partial charge in [-0.3, -0.25) is 4.84 Å². The molecule has 1 rings (SSSR count). The van der Waals surface area contributed by atoms with Gasteiger partial charge >= 0.3 is 0 Å². The van der Waals surface area contributed by atoms with Gasteiger partial charge in [-0.15, -0.1) is 0 Å². The summed E-state index contributed by atoms with van der Waals surface area (Å²) < 4.78 is 1.87. The van der Waals surface area contributed by atoms with E-state index in [4.69, 9.17) is 4.84 Å². The zero-order chi connectivity index (χ0) is 9.52. The second-order valence-corrected chi connectivity index (χ2v) is 3.04. The molecule has 0 amide bonds. The van der Waals surface area contributed by atoms with Gasteiger partial charge in [0.2, 0.25) is 11.9 Å². The van der Waals surface area contributed by atoms with Crippen LogP contribution in [0.15, 0.2) is 24.4 Å². The smallest absolute Gasteiger partial charge is 0.234 e. The molecule has 2 nitrogen and oxygen atoms in total. The van der Waals surface area contributed by atoms with Crippen molar-refractivity contribution in [2.45, 2.75) is 33.1 Å². The minimum atomic E-state index is 0.716. The maximum Gasteiger partial charge on any atom is 0.234 e. The fourth-order valence-corrected chi connectivity index (χ4v) is 1.28. The Morgan fingerprint density at radius 2 is 2.15 bits per heavy atom.